The molecule has 6 rings (SSSR count). The SMILES string of the molecule is Cc1ccc2c(c1)C(=O)c1ccccc1C2C1c2ccccc2C(=O)c2cc(C)ccc21. The van der Waals surface area contributed by atoms with Crippen molar-refractivity contribution in [1.82, 2.24) is 0 Å². The van der Waals surface area contributed by atoms with E-state index in [2.05, 4.69) is 36.4 Å². The average Bonchev–Trinajstić information content (AvgIpc) is 2.81. The molecular formula is C30H22O2. The normalized spacial score (nSPS) is 18.4. The summed E-state index contributed by atoms with van der Waals surface area (Å²) in [4.78, 5) is 26.8. The predicted molar refractivity (Wildman–Crippen MR) is 126 cm³/mol. The molecule has 2 atom stereocenters. The highest BCUT2D eigenvalue weighted by molar-refractivity contribution is 6.14. The fraction of sp³-hybridized carbons (Fsp3) is 0.133. The van der Waals surface area contributed by atoms with E-state index in [4.69, 9.17) is 0 Å². The zero-order chi connectivity index (χ0) is 22.0. The maximum absolute atomic E-state index is 13.4. The molecule has 0 amide bonds. The van der Waals surface area contributed by atoms with Crippen LogP contribution < -0.4 is 0 Å². The quantitative estimate of drug-likeness (QED) is 0.363. The van der Waals surface area contributed by atoms with Gasteiger partial charge in [-0.2, -0.15) is 0 Å². The van der Waals surface area contributed by atoms with Gasteiger partial charge in [-0.3, -0.25) is 9.59 Å². The van der Waals surface area contributed by atoms with Crippen LogP contribution in [0.25, 0.3) is 0 Å². The second-order valence-electron chi connectivity index (χ2n) is 8.97. The van der Waals surface area contributed by atoms with Crippen LogP contribution in [0.4, 0.5) is 0 Å². The molecule has 0 aliphatic heterocycles. The van der Waals surface area contributed by atoms with Crippen molar-refractivity contribution in [3.8, 4) is 0 Å². The molecule has 0 aromatic heterocycles. The summed E-state index contributed by atoms with van der Waals surface area (Å²) in [5.41, 5.74) is 9.38. The van der Waals surface area contributed by atoms with Gasteiger partial charge in [0, 0.05) is 34.1 Å². The lowest BCUT2D eigenvalue weighted by atomic mass is 9.64. The van der Waals surface area contributed by atoms with Crippen molar-refractivity contribution >= 4 is 11.6 Å². The summed E-state index contributed by atoms with van der Waals surface area (Å²) in [6, 6.07) is 28.3. The number of aryl methyl sites for hydroxylation is 2. The van der Waals surface area contributed by atoms with E-state index in [1.54, 1.807) is 0 Å². The van der Waals surface area contributed by atoms with Gasteiger partial charge in [0.25, 0.3) is 0 Å². The molecule has 0 bridgehead atoms. The molecule has 0 saturated carbocycles. The van der Waals surface area contributed by atoms with Crippen LogP contribution in [-0.2, 0) is 0 Å². The summed E-state index contributed by atoms with van der Waals surface area (Å²) in [5, 5.41) is 0. The Morgan fingerprint density at radius 1 is 0.469 bits per heavy atom. The van der Waals surface area contributed by atoms with Gasteiger partial charge in [-0.05, 0) is 48.2 Å². The van der Waals surface area contributed by atoms with Crippen molar-refractivity contribution in [2.24, 2.45) is 0 Å². The smallest absolute Gasteiger partial charge is 0.193 e. The molecule has 0 radical (unpaired) electrons. The summed E-state index contributed by atoms with van der Waals surface area (Å²) in [5.74, 6) is 0.0742. The van der Waals surface area contributed by atoms with Gasteiger partial charge in [-0.1, -0.05) is 83.9 Å². The maximum atomic E-state index is 13.4. The summed E-state index contributed by atoms with van der Waals surface area (Å²) in [7, 11) is 0. The number of fused-ring (bicyclic) bond motifs is 4. The van der Waals surface area contributed by atoms with Crippen molar-refractivity contribution in [1.29, 1.82) is 0 Å². The number of rotatable bonds is 1. The molecule has 2 unspecified atom stereocenters. The first-order chi connectivity index (χ1) is 15.5. The van der Waals surface area contributed by atoms with E-state index in [-0.39, 0.29) is 23.4 Å². The van der Waals surface area contributed by atoms with Crippen LogP contribution in [0.5, 0.6) is 0 Å². The van der Waals surface area contributed by atoms with Crippen molar-refractivity contribution in [2.75, 3.05) is 0 Å². The third kappa shape index (κ3) is 2.59. The van der Waals surface area contributed by atoms with Gasteiger partial charge in [0.2, 0.25) is 0 Å². The minimum Gasteiger partial charge on any atom is -0.289 e. The zero-order valence-electron chi connectivity index (χ0n) is 18.1. The maximum Gasteiger partial charge on any atom is 0.193 e. The van der Waals surface area contributed by atoms with Gasteiger partial charge in [-0.15, -0.1) is 0 Å². The molecule has 4 aromatic carbocycles. The third-order valence-electron chi connectivity index (χ3n) is 6.99. The van der Waals surface area contributed by atoms with E-state index in [0.717, 1.165) is 55.6 Å². The highest BCUT2D eigenvalue weighted by Gasteiger charge is 2.41. The Hall–Kier alpha value is -3.78. The lowest BCUT2D eigenvalue weighted by molar-refractivity contribution is 0.102. The molecule has 154 valence electrons. The molecule has 4 aromatic rings. The van der Waals surface area contributed by atoms with Gasteiger partial charge in [0.1, 0.15) is 0 Å². The Balaban J connectivity index is 1.70. The number of ketones is 2. The van der Waals surface area contributed by atoms with E-state index in [9.17, 15) is 9.59 Å². The monoisotopic (exact) mass is 414 g/mol. The molecule has 0 fully saturated rings. The van der Waals surface area contributed by atoms with Crippen LogP contribution in [0.1, 0.15) is 77.1 Å². The molecule has 2 aliphatic rings. The molecular weight excluding hydrogens is 392 g/mol. The van der Waals surface area contributed by atoms with Crippen LogP contribution in [0, 0.1) is 13.8 Å². The van der Waals surface area contributed by atoms with Gasteiger partial charge in [0.05, 0.1) is 0 Å². The lowest BCUT2D eigenvalue weighted by Crippen LogP contribution is -2.29. The first-order valence-corrected chi connectivity index (χ1v) is 11.0. The van der Waals surface area contributed by atoms with Crippen LogP contribution >= 0.6 is 0 Å². The molecule has 0 saturated heterocycles. The van der Waals surface area contributed by atoms with E-state index in [0.29, 0.717) is 0 Å². The number of hydrogen-bond donors (Lipinski definition) is 0. The lowest BCUT2D eigenvalue weighted by Gasteiger charge is -2.38. The second-order valence-corrected chi connectivity index (χ2v) is 8.97. The first kappa shape index (κ1) is 18.9. The number of benzene rings is 4. The molecule has 32 heavy (non-hydrogen) atoms. The summed E-state index contributed by atoms with van der Waals surface area (Å²) < 4.78 is 0. The molecule has 0 N–H and O–H groups in total. The Labute approximate surface area is 187 Å². The summed E-state index contributed by atoms with van der Waals surface area (Å²) in [6.07, 6.45) is 0. The second kappa shape index (κ2) is 6.86. The fourth-order valence-electron chi connectivity index (χ4n) is 5.57. The number of carbonyl (C=O) groups is 2. The number of carbonyl (C=O) groups excluding carboxylic acids is 2. The third-order valence-corrected chi connectivity index (χ3v) is 6.99. The minimum absolute atomic E-state index is 0.0461. The van der Waals surface area contributed by atoms with Crippen molar-refractivity contribution in [3.05, 3.63) is 141 Å². The minimum atomic E-state index is -0.0461. The van der Waals surface area contributed by atoms with Crippen LogP contribution in [0.3, 0.4) is 0 Å². The van der Waals surface area contributed by atoms with Gasteiger partial charge in [0.15, 0.2) is 11.6 Å². The van der Waals surface area contributed by atoms with E-state index >= 15 is 0 Å². The largest absolute Gasteiger partial charge is 0.289 e. The molecule has 0 spiro atoms. The van der Waals surface area contributed by atoms with Gasteiger partial charge >= 0.3 is 0 Å². The molecule has 2 aliphatic carbocycles. The zero-order valence-corrected chi connectivity index (χ0v) is 18.1. The standard InChI is InChI=1S/C30H22O2/c1-17-11-13-21-25(15-17)29(31)23-9-5-3-7-19(23)27(21)28-20-8-4-6-10-24(20)30(32)26-16-18(2)12-14-22(26)28/h3-16,27-28H,1-2H3. The Kier molecular flexibility index (Phi) is 4.06. The highest BCUT2D eigenvalue weighted by Crippen LogP contribution is 2.51. The van der Waals surface area contributed by atoms with Crippen LogP contribution in [0.15, 0.2) is 84.9 Å². The molecule has 2 nitrogen and oxygen atoms in total. The highest BCUT2D eigenvalue weighted by atomic mass is 16.1. The van der Waals surface area contributed by atoms with Crippen molar-refractivity contribution in [3.63, 3.8) is 0 Å². The predicted octanol–water partition coefficient (Wildman–Crippen LogP) is 6.36. The topological polar surface area (TPSA) is 34.1 Å². The van der Waals surface area contributed by atoms with Gasteiger partial charge in [-0.25, -0.2) is 0 Å². The molecule has 2 heteroatoms. The summed E-state index contributed by atoms with van der Waals surface area (Å²) in [6.45, 7) is 4.05. The van der Waals surface area contributed by atoms with Gasteiger partial charge < -0.3 is 0 Å². The van der Waals surface area contributed by atoms with E-state index in [1.807, 2.05) is 62.4 Å². The Bertz CT molecular complexity index is 1330. The Morgan fingerprint density at radius 3 is 1.28 bits per heavy atom. The van der Waals surface area contributed by atoms with Crippen LogP contribution in [0.2, 0.25) is 0 Å². The average molecular weight is 415 g/mol. The summed E-state index contributed by atoms with van der Waals surface area (Å²) >= 11 is 0. The van der Waals surface area contributed by atoms with Crippen LogP contribution in [-0.4, -0.2) is 11.6 Å². The molecule has 0 heterocycles. The Morgan fingerprint density at radius 2 is 0.844 bits per heavy atom. The fourth-order valence-corrected chi connectivity index (χ4v) is 5.57. The first-order valence-electron chi connectivity index (χ1n) is 11.0. The van der Waals surface area contributed by atoms with Crippen molar-refractivity contribution in [2.45, 2.75) is 25.7 Å². The van der Waals surface area contributed by atoms with E-state index in [1.165, 1.54) is 0 Å². The number of hydrogen-bond acceptors (Lipinski definition) is 2. The van der Waals surface area contributed by atoms with E-state index < -0.39 is 0 Å². The van der Waals surface area contributed by atoms with Crippen molar-refractivity contribution < 1.29 is 9.59 Å².